The number of aryl methyl sites for hydroxylation is 1. The molecule has 0 N–H and O–H groups in total. The van der Waals surface area contributed by atoms with Gasteiger partial charge in [0.1, 0.15) is 5.75 Å². The van der Waals surface area contributed by atoms with Gasteiger partial charge in [-0.3, -0.25) is 4.79 Å². The second kappa shape index (κ2) is 5.90. The second-order valence-electron chi connectivity index (χ2n) is 4.64. The molecule has 0 heterocycles. The summed E-state index contributed by atoms with van der Waals surface area (Å²) < 4.78 is 24.6. The minimum atomic E-state index is -3.67. The number of carbonyl (C=O) groups excluding carboxylic acids is 1. The standard InChI is InChI=1S/C16H13NO3S/c1-12-4-2-3-5-16(12)21(19,20)11-15(18)14-8-6-13(10-17)7-9-14/h2-9H,11H2,1H3. The van der Waals surface area contributed by atoms with E-state index in [9.17, 15) is 13.2 Å². The molecule has 0 radical (unpaired) electrons. The van der Waals surface area contributed by atoms with Crippen LogP contribution >= 0.6 is 0 Å². The molecule has 0 saturated carbocycles. The van der Waals surface area contributed by atoms with Gasteiger partial charge < -0.3 is 0 Å². The third-order valence-electron chi connectivity index (χ3n) is 3.09. The number of Topliss-reactive ketones (excluding diaryl/α,β-unsaturated/α-hetero) is 1. The largest absolute Gasteiger partial charge is 0.293 e. The van der Waals surface area contributed by atoms with E-state index in [4.69, 9.17) is 5.26 Å². The summed E-state index contributed by atoms with van der Waals surface area (Å²) in [6.45, 7) is 1.69. The smallest absolute Gasteiger partial charge is 0.186 e. The van der Waals surface area contributed by atoms with Crippen LogP contribution in [0.15, 0.2) is 53.4 Å². The summed E-state index contributed by atoms with van der Waals surface area (Å²) in [6.07, 6.45) is 0. The molecule has 106 valence electrons. The van der Waals surface area contributed by atoms with E-state index in [0.717, 1.165) is 0 Å². The fraction of sp³-hybridized carbons (Fsp3) is 0.125. The molecular formula is C16H13NO3S. The van der Waals surface area contributed by atoms with Crippen LogP contribution in [-0.2, 0) is 9.84 Å². The lowest BCUT2D eigenvalue weighted by Gasteiger charge is -2.07. The van der Waals surface area contributed by atoms with Gasteiger partial charge in [0, 0.05) is 5.56 Å². The van der Waals surface area contributed by atoms with Gasteiger partial charge in [0.25, 0.3) is 0 Å². The first-order valence-corrected chi connectivity index (χ1v) is 7.91. The van der Waals surface area contributed by atoms with E-state index in [1.165, 1.54) is 30.3 Å². The van der Waals surface area contributed by atoms with Crippen molar-refractivity contribution in [2.45, 2.75) is 11.8 Å². The Hall–Kier alpha value is -2.45. The Kier molecular flexibility index (Phi) is 4.20. The average Bonchev–Trinajstić information content (AvgIpc) is 2.47. The van der Waals surface area contributed by atoms with Crippen LogP contribution in [0.25, 0.3) is 0 Å². The molecule has 0 saturated heterocycles. The highest BCUT2D eigenvalue weighted by molar-refractivity contribution is 7.92. The van der Waals surface area contributed by atoms with Crippen LogP contribution in [0.5, 0.6) is 0 Å². The normalized spacial score (nSPS) is 10.9. The molecule has 5 heteroatoms. The molecule has 4 nitrogen and oxygen atoms in total. The first-order valence-electron chi connectivity index (χ1n) is 6.26. The number of benzene rings is 2. The van der Waals surface area contributed by atoms with Gasteiger partial charge in [-0.15, -0.1) is 0 Å². The van der Waals surface area contributed by atoms with Crippen molar-refractivity contribution in [1.82, 2.24) is 0 Å². The molecule has 0 amide bonds. The van der Waals surface area contributed by atoms with Gasteiger partial charge in [0.15, 0.2) is 15.6 Å². The third kappa shape index (κ3) is 3.36. The number of hydrogen-bond donors (Lipinski definition) is 0. The van der Waals surface area contributed by atoms with Gasteiger partial charge >= 0.3 is 0 Å². The molecule has 0 unspecified atom stereocenters. The van der Waals surface area contributed by atoms with Crippen molar-refractivity contribution in [3.63, 3.8) is 0 Å². The van der Waals surface area contributed by atoms with Crippen molar-refractivity contribution in [2.24, 2.45) is 0 Å². The SMILES string of the molecule is Cc1ccccc1S(=O)(=O)CC(=O)c1ccc(C#N)cc1. The first-order chi connectivity index (χ1) is 9.94. The van der Waals surface area contributed by atoms with Gasteiger partial charge in [0.05, 0.1) is 16.5 Å². The van der Waals surface area contributed by atoms with Gasteiger partial charge in [-0.05, 0) is 30.7 Å². The molecule has 2 rings (SSSR count). The van der Waals surface area contributed by atoms with Gasteiger partial charge in [-0.1, -0.05) is 30.3 Å². The lowest BCUT2D eigenvalue weighted by atomic mass is 10.1. The van der Waals surface area contributed by atoms with Crippen molar-refractivity contribution >= 4 is 15.6 Å². The van der Waals surface area contributed by atoms with E-state index in [0.29, 0.717) is 11.1 Å². The van der Waals surface area contributed by atoms with E-state index in [-0.39, 0.29) is 10.5 Å². The fourth-order valence-corrected chi connectivity index (χ4v) is 3.48. The molecule has 0 aliphatic rings. The molecular weight excluding hydrogens is 286 g/mol. The highest BCUT2D eigenvalue weighted by Crippen LogP contribution is 2.17. The van der Waals surface area contributed by atoms with E-state index < -0.39 is 21.4 Å². The molecule has 2 aromatic carbocycles. The predicted octanol–water partition coefficient (Wildman–Crippen LogP) is 2.52. The minimum Gasteiger partial charge on any atom is -0.293 e. The van der Waals surface area contributed by atoms with Crippen LogP contribution in [0.1, 0.15) is 21.5 Å². The monoisotopic (exact) mass is 299 g/mol. The zero-order valence-electron chi connectivity index (χ0n) is 11.4. The first kappa shape index (κ1) is 14.9. The zero-order chi connectivity index (χ0) is 15.5. The Labute approximate surface area is 123 Å². The number of rotatable bonds is 4. The molecule has 2 aromatic rings. The lowest BCUT2D eigenvalue weighted by Crippen LogP contribution is -2.17. The van der Waals surface area contributed by atoms with Crippen molar-refractivity contribution in [1.29, 1.82) is 5.26 Å². The topological polar surface area (TPSA) is 75.0 Å². The van der Waals surface area contributed by atoms with Crippen LogP contribution < -0.4 is 0 Å². The minimum absolute atomic E-state index is 0.173. The Bertz CT molecular complexity index is 815. The summed E-state index contributed by atoms with van der Waals surface area (Å²) in [5.74, 6) is -1.06. The summed E-state index contributed by atoms with van der Waals surface area (Å²) in [6, 6.07) is 14.4. The number of ketones is 1. The van der Waals surface area contributed by atoms with Crippen molar-refractivity contribution in [3.8, 4) is 6.07 Å². The summed E-state index contributed by atoms with van der Waals surface area (Å²) >= 11 is 0. The molecule has 0 aliphatic heterocycles. The van der Waals surface area contributed by atoms with E-state index in [2.05, 4.69) is 0 Å². The predicted molar refractivity (Wildman–Crippen MR) is 78.7 cm³/mol. The van der Waals surface area contributed by atoms with Crippen LogP contribution in [0, 0.1) is 18.3 Å². The maximum absolute atomic E-state index is 12.3. The van der Waals surface area contributed by atoms with E-state index >= 15 is 0 Å². The summed E-state index contributed by atoms with van der Waals surface area (Å²) in [5, 5.41) is 8.70. The summed E-state index contributed by atoms with van der Waals surface area (Å²) in [7, 11) is -3.67. The van der Waals surface area contributed by atoms with Crippen molar-refractivity contribution in [2.75, 3.05) is 5.75 Å². The fourth-order valence-electron chi connectivity index (χ4n) is 1.97. The van der Waals surface area contributed by atoms with Crippen LogP contribution in [0.2, 0.25) is 0 Å². The van der Waals surface area contributed by atoms with Gasteiger partial charge in [0.2, 0.25) is 0 Å². The van der Waals surface area contributed by atoms with Crippen LogP contribution in [0.4, 0.5) is 0 Å². The molecule has 21 heavy (non-hydrogen) atoms. The van der Waals surface area contributed by atoms with Crippen LogP contribution in [0.3, 0.4) is 0 Å². The van der Waals surface area contributed by atoms with Gasteiger partial charge in [-0.25, -0.2) is 8.42 Å². The Morgan fingerprint density at radius 1 is 1.10 bits per heavy atom. The van der Waals surface area contributed by atoms with Crippen molar-refractivity contribution in [3.05, 3.63) is 65.2 Å². The third-order valence-corrected chi connectivity index (χ3v) is 4.86. The molecule has 0 spiro atoms. The molecule has 0 aromatic heterocycles. The number of hydrogen-bond acceptors (Lipinski definition) is 4. The average molecular weight is 299 g/mol. The van der Waals surface area contributed by atoms with Crippen molar-refractivity contribution < 1.29 is 13.2 Å². The number of nitrogens with zero attached hydrogens (tertiary/aromatic N) is 1. The highest BCUT2D eigenvalue weighted by atomic mass is 32.2. The van der Waals surface area contributed by atoms with Gasteiger partial charge in [-0.2, -0.15) is 5.26 Å². The lowest BCUT2D eigenvalue weighted by molar-refractivity contribution is 0.102. The van der Waals surface area contributed by atoms with Crippen LogP contribution in [-0.4, -0.2) is 20.0 Å². The molecule has 0 atom stereocenters. The molecule has 0 bridgehead atoms. The number of sulfone groups is 1. The summed E-state index contributed by atoms with van der Waals surface area (Å²) in [4.78, 5) is 12.3. The Morgan fingerprint density at radius 2 is 1.71 bits per heavy atom. The zero-order valence-corrected chi connectivity index (χ0v) is 12.2. The Morgan fingerprint density at radius 3 is 2.29 bits per heavy atom. The maximum Gasteiger partial charge on any atom is 0.186 e. The second-order valence-corrected chi connectivity index (χ2v) is 6.59. The Balaban J connectivity index is 2.26. The molecule has 0 aliphatic carbocycles. The molecule has 0 fully saturated rings. The number of nitriles is 1. The van der Waals surface area contributed by atoms with E-state index in [1.54, 1.807) is 25.1 Å². The van der Waals surface area contributed by atoms with E-state index in [1.807, 2.05) is 6.07 Å². The number of carbonyl (C=O) groups is 1. The summed E-state index contributed by atoms with van der Waals surface area (Å²) in [5.41, 5.74) is 1.32. The maximum atomic E-state index is 12.3. The quantitative estimate of drug-likeness (QED) is 0.813. The highest BCUT2D eigenvalue weighted by Gasteiger charge is 2.21.